The maximum absolute atomic E-state index is 13.7. The van der Waals surface area contributed by atoms with Gasteiger partial charge in [0, 0.05) is 32.0 Å². The molecule has 4 aromatic carbocycles. The second kappa shape index (κ2) is 11.8. The molecular weight excluding hydrogens is 456 g/mol. The summed E-state index contributed by atoms with van der Waals surface area (Å²) >= 11 is 0. The first-order valence-electron chi connectivity index (χ1n) is 12.9. The van der Waals surface area contributed by atoms with Crippen molar-refractivity contribution in [2.45, 2.75) is 24.4 Å². The first kappa shape index (κ1) is 24.7. The Balaban J connectivity index is 1.37. The minimum Gasteiger partial charge on any atom is -0.330 e. The molecule has 1 saturated heterocycles. The number of rotatable bonds is 8. The van der Waals surface area contributed by atoms with Gasteiger partial charge in [-0.2, -0.15) is 0 Å². The fourth-order valence-corrected chi connectivity index (χ4v) is 5.47. The molecule has 1 unspecified atom stereocenters. The lowest BCUT2D eigenvalue weighted by molar-refractivity contribution is -0.140. The molecule has 0 N–H and O–H groups in total. The van der Waals surface area contributed by atoms with Crippen LogP contribution in [0.5, 0.6) is 0 Å². The fraction of sp³-hybridized carbons (Fsp3) is 0.212. The van der Waals surface area contributed by atoms with Gasteiger partial charge in [0.15, 0.2) is 0 Å². The van der Waals surface area contributed by atoms with Gasteiger partial charge in [0.05, 0.1) is 6.04 Å². The van der Waals surface area contributed by atoms with Gasteiger partial charge in [0.2, 0.25) is 5.91 Å². The molecule has 1 heterocycles. The second-order valence-electron chi connectivity index (χ2n) is 9.59. The topological polar surface area (TPSA) is 40.6 Å². The van der Waals surface area contributed by atoms with E-state index in [0.29, 0.717) is 26.1 Å². The Hall–Kier alpha value is -4.02. The summed E-state index contributed by atoms with van der Waals surface area (Å²) in [6.07, 6.45) is 1.27. The number of hydrogen-bond donors (Lipinski definition) is 0. The first-order valence-corrected chi connectivity index (χ1v) is 12.9. The van der Waals surface area contributed by atoms with E-state index in [-0.39, 0.29) is 17.9 Å². The van der Waals surface area contributed by atoms with Gasteiger partial charge in [0.25, 0.3) is 0 Å². The summed E-state index contributed by atoms with van der Waals surface area (Å²) in [7, 11) is 0. The third-order valence-corrected chi connectivity index (χ3v) is 7.31. The number of amides is 1. The Bertz CT molecular complexity index is 1200. The largest absolute Gasteiger partial charge is 0.330 e. The monoisotopic (exact) mass is 488 g/mol. The Labute approximate surface area is 219 Å². The molecule has 1 aliphatic rings. The van der Waals surface area contributed by atoms with E-state index in [0.717, 1.165) is 17.4 Å². The van der Waals surface area contributed by atoms with Crippen LogP contribution in [0.3, 0.4) is 0 Å². The van der Waals surface area contributed by atoms with E-state index in [1.807, 2.05) is 48.5 Å². The van der Waals surface area contributed by atoms with Gasteiger partial charge < -0.3 is 9.69 Å². The molecule has 1 amide bonds. The van der Waals surface area contributed by atoms with Crippen LogP contribution in [-0.4, -0.2) is 47.7 Å². The van der Waals surface area contributed by atoms with Crippen LogP contribution in [0.1, 0.15) is 40.6 Å². The third-order valence-electron chi connectivity index (χ3n) is 7.31. The highest BCUT2D eigenvalue weighted by molar-refractivity contribution is 5.81. The summed E-state index contributed by atoms with van der Waals surface area (Å²) in [5.41, 5.74) is 4.59. The zero-order valence-electron chi connectivity index (χ0n) is 20.9. The van der Waals surface area contributed by atoms with Gasteiger partial charge in [-0.05, 0) is 22.3 Å². The highest BCUT2D eigenvalue weighted by Gasteiger charge is 2.35. The van der Waals surface area contributed by atoms with Crippen molar-refractivity contribution < 1.29 is 9.59 Å². The van der Waals surface area contributed by atoms with Gasteiger partial charge in [-0.25, -0.2) is 0 Å². The maximum atomic E-state index is 13.7. The van der Waals surface area contributed by atoms with Crippen LogP contribution in [-0.2, 0) is 9.59 Å². The number of carbonyl (C=O) groups is 2. The van der Waals surface area contributed by atoms with Crippen molar-refractivity contribution in [3.8, 4) is 0 Å². The van der Waals surface area contributed by atoms with Crippen LogP contribution in [0.4, 0.5) is 0 Å². The lowest BCUT2D eigenvalue weighted by atomic mass is 9.88. The third kappa shape index (κ3) is 5.71. The van der Waals surface area contributed by atoms with Crippen LogP contribution < -0.4 is 0 Å². The van der Waals surface area contributed by atoms with Crippen molar-refractivity contribution in [2.24, 2.45) is 0 Å². The van der Waals surface area contributed by atoms with E-state index < -0.39 is 6.04 Å². The van der Waals surface area contributed by atoms with E-state index in [1.165, 1.54) is 11.1 Å². The average Bonchev–Trinajstić information content (AvgIpc) is 2.98. The van der Waals surface area contributed by atoms with Crippen molar-refractivity contribution in [2.75, 3.05) is 19.6 Å². The first-order chi connectivity index (χ1) is 18.2. The van der Waals surface area contributed by atoms with Crippen molar-refractivity contribution in [3.63, 3.8) is 0 Å². The fourth-order valence-electron chi connectivity index (χ4n) is 5.47. The second-order valence-corrected chi connectivity index (χ2v) is 9.59. The number of hydrogen-bond acceptors (Lipinski definition) is 3. The minimum absolute atomic E-state index is 0.0189. The molecule has 4 aromatic rings. The van der Waals surface area contributed by atoms with Crippen LogP contribution in [0.25, 0.3) is 0 Å². The summed E-state index contributed by atoms with van der Waals surface area (Å²) in [5, 5.41) is 0. The Morgan fingerprint density at radius 1 is 0.676 bits per heavy atom. The predicted octanol–water partition coefficient (Wildman–Crippen LogP) is 5.71. The summed E-state index contributed by atoms with van der Waals surface area (Å²) in [5.74, 6) is -0.0351. The molecule has 1 atom stereocenters. The van der Waals surface area contributed by atoms with E-state index in [9.17, 15) is 9.59 Å². The molecule has 0 aromatic heterocycles. The summed E-state index contributed by atoms with van der Waals surface area (Å²) in [6, 6.07) is 40.6. The Kier molecular flexibility index (Phi) is 7.87. The molecular formula is C33H32N2O2. The molecule has 5 rings (SSSR count). The van der Waals surface area contributed by atoms with Gasteiger partial charge in [0.1, 0.15) is 12.3 Å². The summed E-state index contributed by atoms with van der Waals surface area (Å²) in [6.45, 7) is 1.73. The number of aldehydes is 1. The molecule has 186 valence electrons. The van der Waals surface area contributed by atoms with E-state index in [1.54, 1.807) is 4.90 Å². The SMILES string of the molecule is O=CC1CN(C(c2ccccc2)c2ccccc2)CCN1C(=O)CC(c1ccccc1)c1ccccc1. The zero-order chi connectivity index (χ0) is 25.5. The van der Waals surface area contributed by atoms with Crippen LogP contribution in [0.15, 0.2) is 121 Å². The molecule has 1 fully saturated rings. The Morgan fingerprint density at radius 3 is 1.54 bits per heavy atom. The lowest BCUT2D eigenvalue weighted by Crippen LogP contribution is -2.56. The number of benzene rings is 4. The molecule has 1 aliphatic heterocycles. The molecule has 0 radical (unpaired) electrons. The summed E-state index contributed by atoms with van der Waals surface area (Å²) < 4.78 is 0. The van der Waals surface area contributed by atoms with Crippen molar-refractivity contribution >= 4 is 12.2 Å². The molecule has 4 nitrogen and oxygen atoms in total. The average molecular weight is 489 g/mol. The van der Waals surface area contributed by atoms with Gasteiger partial charge in [-0.1, -0.05) is 121 Å². The lowest BCUT2D eigenvalue weighted by Gasteiger charge is -2.43. The maximum Gasteiger partial charge on any atom is 0.224 e. The van der Waals surface area contributed by atoms with Crippen molar-refractivity contribution in [3.05, 3.63) is 144 Å². The van der Waals surface area contributed by atoms with Gasteiger partial charge in [-0.15, -0.1) is 0 Å². The smallest absolute Gasteiger partial charge is 0.224 e. The number of piperazine rings is 1. The normalized spacial score (nSPS) is 16.2. The van der Waals surface area contributed by atoms with E-state index in [4.69, 9.17) is 0 Å². The van der Waals surface area contributed by atoms with Gasteiger partial charge >= 0.3 is 0 Å². The van der Waals surface area contributed by atoms with Gasteiger partial charge in [-0.3, -0.25) is 9.69 Å². The van der Waals surface area contributed by atoms with Crippen LogP contribution in [0.2, 0.25) is 0 Å². The highest BCUT2D eigenvalue weighted by Crippen LogP contribution is 2.32. The van der Waals surface area contributed by atoms with Crippen molar-refractivity contribution in [1.82, 2.24) is 9.80 Å². The number of carbonyl (C=O) groups excluding carboxylic acids is 2. The quantitative estimate of drug-likeness (QED) is 0.298. The zero-order valence-corrected chi connectivity index (χ0v) is 20.9. The standard InChI is InChI=1S/C33H32N2O2/c36-25-30-24-34(33(28-17-9-3-10-18-28)29-19-11-4-12-20-29)21-22-35(30)32(37)23-31(26-13-5-1-6-14-26)27-15-7-2-8-16-27/h1-20,25,30-31,33H,21-24H2. The highest BCUT2D eigenvalue weighted by atomic mass is 16.2. The minimum atomic E-state index is -0.483. The molecule has 0 bridgehead atoms. The molecule has 37 heavy (non-hydrogen) atoms. The van der Waals surface area contributed by atoms with E-state index >= 15 is 0 Å². The Morgan fingerprint density at radius 2 is 1.11 bits per heavy atom. The molecule has 0 saturated carbocycles. The molecule has 0 spiro atoms. The van der Waals surface area contributed by atoms with Crippen molar-refractivity contribution in [1.29, 1.82) is 0 Å². The molecule has 0 aliphatic carbocycles. The summed E-state index contributed by atoms with van der Waals surface area (Å²) in [4.78, 5) is 30.1. The van der Waals surface area contributed by atoms with Crippen LogP contribution >= 0.6 is 0 Å². The van der Waals surface area contributed by atoms with E-state index in [2.05, 4.69) is 77.7 Å². The predicted molar refractivity (Wildman–Crippen MR) is 147 cm³/mol. The number of nitrogens with zero attached hydrogens (tertiary/aromatic N) is 2. The van der Waals surface area contributed by atoms with Crippen LogP contribution in [0, 0.1) is 0 Å². The molecule has 4 heteroatoms.